The molecule has 0 aromatic heterocycles. The van der Waals surface area contributed by atoms with Crippen molar-refractivity contribution < 1.29 is 9.59 Å². The second-order valence-electron chi connectivity index (χ2n) is 2.65. The zero-order valence-electron chi connectivity index (χ0n) is 6.26. The van der Waals surface area contributed by atoms with Crippen LogP contribution in [0.15, 0.2) is 0 Å². The van der Waals surface area contributed by atoms with Gasteiger partial charge in [0.15, 0.2) is 13.7 Å². The molecule has 1 heterocycles. The van der Waals surface area contributed by atoms with Crippen molar-refractivity contribution in [3.63, 3.8) is 0 Å². The van der Waals surface area contributed by atoms with E-state index in [-0.39, 0.29) is 17.9 Å². The molecule has 1 fully saturated rings. The summed E-state index contributed by atoms with van der Waals surface area (Å²) < 4.78 is 0. The van der Waals surface area contributed by atoms with Crippen molar-refractivity contribution in [3.05, 3.63) is 0 Å². The Morgan fingerprint density at radius 3 is 2.82 bits per heavy atom. The molecule has 2 amide bonds. The van der Waals surface area contributed by atoms with Gasteiger partial charge in [-0.05, 0) is 6.92 Å². The summed E-state index contributed by atoms with van der Waals surface area (Å²) in [6.45, 7) is 2.22. The van der Waals surface area contributed by atoms with Gasteiger partial charge in [0.2, 0.25) is 5.91 Å². The van der Waals surface area contributed by atoms with Crippen molar-refractivity contribution in [2.24, 2.45) is 5.92 Å². The molecule has 2 radical (unpaired) electrons. The van der Waals surface area contributed by atoms with E-state index in [1.807, 2.05) is 6.92 Å². The Morgan fingerprint density at radius 2 is 2.45 bits per heavy atom. The van der Waals surface area contributed by atoms with Gasteiger partial charge in [-0.2, -0.15) is 0 Å². The maximum Gasteiger partial charge on any atom is 0.227 e. The molecule has 0 aromatic carbocycles. The van der Waals surface area contributed by atoms with Crippen molar-refractivity contribution in [3.8, 4) is 0 Å². The molecule has 1 saturated heterocycles. The first-order chi connectivity index (χ1) is 5.11. The molecule has 58 valence electrons. The molecule has 0 unspecified atom stereocenters. The Hall–Kier alpha value is -0.995. The highest BCUT2D eigenvalue weighted by Crippen LogP contribution is 2.12. The number of amides is 2. The summed E-state index contributed by atoms with van der Waals surface area (Å²) in [6, 6.07) is 0.148. The van der Waals surface area contributed by atoms with Crippen molar-refractivity contribution >= 4 is 19.6 Å². The smallest absolute Gasteiger partial charge is 0.227 e. The van der Waals surface area contributed by atoms with E-state index >= 15 is 0 Å². The van der Waals surface area contributed by atoms with Crippen LogP contribution in [0.25, 0.3) is 0 Å². The van der Waals surface area contributed by atoms with Gasteiger partial charge >= 0.3 is 0 Å². The van der Waals surface area contributed by atoms with E-state index < -0.39 is 5.81 Å². The summed E-state index contributed by atoms with van der Waals surface area (Å²) in [5.41, 5.74) is 0. The number of nitrogens with one attached hydrogen (secondary N) is 2. The highest BCUT2D eigenvalue weighted by atomic mass is 16.2. The van der Waals surface area contributed by atoms with E-state index in [9.17, 15) is 9.59 Å². The minimum atomic E-state index is -0.586. The maximum absolute atomic E-state index is 10.8. The van der Waals surface area contributed by atoms with Gasteiger partial charge < -0.3 is 10.6 Å². The van der Waals surface area contributed by atoms with E-state index in [0.29, 0.717) is 6.54 Å². The molecule has 1 rings (SSSR count). The topological polar surface area (TPSA) is 58.2 Å². The van der Waals surface area contributed by atoms with Crippen LogP contribution >= 0.6 is 0 Å². The van der Waals surface area contributed by atoms with Gasteiger partial charge in [0.25, 0.3) is 0 Å². The molecule has 0 saturated carbocycles. The first-order valence-electron chi connectivity index (χ1n) is 3.45. The fraction of sp³-hybridized carbons (Fsp3) is 0.667. The fourth-order valence-corrected chi connectivity index (χ4v) is 1.04. The molecule has 0 bridgehead atoms. The van der Waals surface area contributed by atoms with Crippen molar-refractivity contribution in [1.82, 2.24) is 10.6 Å². The van der Waals surface area contributed by atoms with Crippen LogP contribution in [0.3, 0.4) is 0 Å². The Bertz CT molecular complexity index is 195. The lowest BCUT2D eigenvalue weighted by Gasteiger charge is -2.33. The van der Waals surface area contributed by atoms with Gasteiger partial charge in [-0.1, -0.05) is 0 Å². The normalized spacial score (nSPS) is 28.6. The molecule has 0 spiro atoms. The number of carbonyl (C=O) groups is 2. The molecule has 2 N–H and O–H groups in total. The third-order valence-electron chi connectivity index (χ3n) is 1.81. The van der Waals surface area contributed by atoms with E-state index in [4.69, 9.17) is 7.85 Å². The van der Waals surface area contributed by atoms with Crippen LogP contribution in [0.5, 0.6) is 0 Å². The highest BCUT2D eigenvalue weighted by molar-refractivity contribution is 6.57. The average Bonchev–Trinajstić information content (AvgIpc) is 1.86. The molecule has 11 heavy (non-hydrogen) atoms. The predicted molar refractivity (Wildman–Crippen MR) is 40.2 cm³/mol. The lowest BCUT2D eigenvalue weighted by atomic mass is 9.92. The number of hydrogen-bond donors (Lipinski definition) is 2. The lowest BCUT2D eigenvalue weighted by Crippen LogP contribution is -2.60. The molecule has 5 heteroatoms. The first-order valence-corrected chi connectivity index (χ1v) is 3.45. The van der Waals surface area contributed by atoms with Crippen molar-refractivity contribution in [2.75, 3.05) is 6.54 Å². The summed E-state index contributed by atoms with van der Waals surface area (Å²) in [4.78, 5) is 21.0. The third-order valence-corrected chi connectivity index (χ3v) is 1.81. The molecule has 0 aliphatic carbocycles. The number of β-lactam (4-membered cyclic amide) rings is 1. The van der Waals surface area contributed by atoms with Crippen molar-refractivity contribution in [1.29, 1.82) is 0 Å². The summed E-state index contributed by atoms with van der Waals surface area (Å²) in [5, 5.41) is 5.03. The number of carbonyl (C=O) groups excluding carboxylic acids is 2. The van der Waals surface area contributed by atoms with Gasteiger partial charge in [-0.3, -0.25) is 9.59 Å². The fourth-order valence-electron chi connectivity index (χ4n) is 1.04. The zero-order valence-corrected chi connectivity index (χ0v) is 6.26. The lowest BCUT2D eigenvalue weighted by molar-refractivity contribution is -0.134. The monoisotopic (exact) mass is 152 g/mol. The predicted octanol–water partition coefficient (Wildman–Crippen LogP) is -1.00. The Balaban J connectivity index is 2.26. The van der Waals surface area contributed by atoms with Crippen LogP contribution in [0.1, 0.15) is 6.92 Å². The molecule has 1 aliphatic heterocycles. The van der Waals surface area contributed by atoms with Gasteiger partial charge in [-0.25, -0.2) is 0 Å². The molecule has 4 nitrogen and oxygen atoms in total. The molecular weight excluding hydrogens is 143 g/mol. The Morgan fingerprint density at radius 1 is 1.82 bits per heavy atom. The largest absolute Gasteiger partial charge is 0.365 e. The minimum absolute atomic E-state index is 0.0220. The summed E-state index contributed by atoms with van der Waals surface area (Å²) in [6.07, 6.45) is 0. The van der Waals surface area contributed by atoms with E-state index in [1.54, 1.807) is 0 Å². The van der Waals surface area contributed by atoms with E-state index in [2.05, 4.69) is 10.6 Å². The number of rotatable bonds is 2. The second-order valence-corrected chi connectivity index (χ2v) is 2.65. The van der Waals surface area contributed by atoms with E-state index in [1.165, 1.54) is 0 Å². The van der Waals surface area contributed by atoms with Gasteiger partial charge in [-0.15, -0.1) is 0 Å². The van der Waals surface area contributed by atoms with Gasteiger partial charge in [0.05, 0.1) is 5.92 Å². The van der Waals surface area contributed by atoms with E-state index in [0.717, 1.165) is 0 Å². The van der Waals surface area contributed by atoms with Gasteiger partial charge in [0, 0.05) is 12.6 Å². The van der Waals surface area contributed by atoms with Crippen molar-refractivity contribution in [2.45, 2.75) is 13.0 Å². The summed E-state index contributed by atoms with van der Waals surface area (Å²) in [7, 11) is 4.83. The standard InChI is InChI=1S/C6H9BN2O2/c1-3-4(5(10)9-3)2-8-6(7)11/h3-4H,2H2,1H3,(H,8,11)(H,9,10)/t3-,4+/m0/s1. The molecule has 2 atom stereocenters. The SMILES string of the molecule is [B]C(=O)NC[C@H]1C(=O)N[C@H]1C. The minimum Gasteiger partial charge on any atom is -0.365 e. The van der Waals surface area contributed by atoms with Gasteiger partial charge in [0.1, 0.15) is 0 Å². The Labute approximate surface area is 66.1 Å². The zero-order chi connectivity index (χ0) is 8.43. The molecule has 0 aromatic rings. The third kappa shape index (κ3) is 1.72. The average molecular weight is 152 g/mol. The number of hydrogen-bond acceptors (Lipinski definition) is 2. The van der Waals surface area contributed by atoms with Crippen LogP contribution in [0, 0.1) is 5.92 Å². The maximum atomic E-state index is 10.8. The van der Waals surface area contributed by atoms with Crippen LogP contribution < -0.4 is 10.6 Å². The van der Waals surface area contributed by atoms with Crippen LogP contribution in [0.4, 0.5) is 4.79 Å². The second kappa shape index (κ2) is 2.94. The summed E-state index contributed by atoms with van der Waals surface area (Å²) >= 11 is 0. The highest BCUT2D eigenvalue weighted by Gasteiger charge is 2.35. The first kappa shape index (κ1) is 8.10. The molecular formula is C6H9BN2O2. The van der Waals surface area contributed by atoms with Crippen LogP contribution in [0.2, 0.25) is 0 Å². The van der Waals surface area contributed by atoms with Crippen LogP contribution in [-0.2, 0) is 4.79 Å². The van der Waals surface area contributed by atoms with Crippen LogP contribution in [-0.4, -0.2) is 32.1 Å². The molecule has 1 aliphatic rings. The quantitative estimate of drug-likeness (QED) is 0.393. The summed E-state index contributed by atoms with van der Waals surface area (Å²) in [5.74, 6) is -0.717. The Kier molecular flexibility index (Phi) is 2.17.